The summed E-state index contributed by atoms with van der Waals surface area (Å²) in [6.07, 6.45) is -3.99. The molecule has 0 amide bonds. The molecule has 0 saturated carbocycles. The van der Waals surface area contributed by atoms with E-state index < -0.39 is 23.4 Å². The molecule has 3 aromatic rings. The summed E-state index contributed by atoms with van der Waals surface area (Å²) < 4.78 is 41.4. The monoisotopic (exact) mass is 493 g/mol. The van der Waals surface area contributed by atoms with Crippen LogP contribution in [-0.2, 0) is 0 Å². The van der Waals surface area contributed by atoms with Crippen LogP contribution in [0.3, 0.4) is 0 Å². The molecule has 0 aliphatic heterocycles. The Balaban J connectivity index is 1.91. The van der Waals surface area contributed by atoms with Gasteiger partial charge in [0.05, 0.1) is 11.9 Å². The Morgan fingerprint density at radius 2 is 2.00 bits per heavy atom. The van der Waals surface area contributed by atoms with E-state index in [0.717, 1.165) is 12.3 Å². The molecule has 0 spiro atoms. The summed E-state index contributed by atoms with van der Waals surface area (Å²) in [6, 6.07) is 12.5. The number of nitrogens with zero attached hydrogens (tertiary/aromatic N) is 3. The fourth-order valence-electron chi connectivity index (χ4n) is 2.49. The van der Waals surface area contributed by atoms with Crippen LogP contribution in [0.2, 0.25) is 0 Å². The van der Waals surface area contributed by atoms with Gasteiger partial charge in [-0.25, -0.2) is 10.4 Å². The predicted molar refractivity (Wildman–Crippen MR) is 109 cm³/mol. The van der Waals surface area contributed by atoms with E-state index in [4.69, 9.17) is 0 Å². The number of nitriles is 1. The first-order valence-corrected chi connectivity index (χ1v) is 9.14. The Morgan fingerprint density at radius 3 is 2.65 bits per heavy atom. The van der Waals surface area contributed by atoms with Gasteiger partial charge in [-0.05, 0) is 12.1 Å². The number of hydrogen-bond donors (Lipinski definition) is 3. The van der Waals surface area contributed by atoms with Crippen LogP contribution < -0.4 is 15.7 Å². The summed E-state index contributed by atoms with van der Waals surface area (Å²) >= 11 is 3.02. The number of anilines is 1. The maximum Gasteiger partial charge on any atom is 0.573 e. The third kappa shape index (κ3) is 5.40. The molecule has 0 unspecified atom stereocenters. The van der Waals surface area contributed by atoms with E-state index >= 15 is 0 Å². The highest BCUT2D eigenvalue weighted by molar-refractivity contribution is 9.10. The van der Waals surface area contributed by atoms with Crippen molar-refractivity contribution in [3.8, 4) is 28.8 Å². The summed E-state index contributed by atoms with van der Waals surface area (Å²) in [5.41, 5.74) is 2.04. The maximum atomic E-state index is 12.5. The van der Waals surface area contributed by atoms with E-state index in [1.54, 1.807) is 36.4 Å². The van der Waals surface area contributed by atoms with Gasteiger partial charge in [0, 0.05) is 15.6 Å². The molecule has 12 heteroatoms. The van der Waals surface area contributed by atoms with Crippen LogP contribution in [0.15, 0.2) is 56.8 Å². The van der Waals surface area contributed by atoms with Crippen LogP contribution in [0.5, 0.6) is 11.5 Å². The van der Waals surface area contributed by atoms with Crippen LogP contribution >= 0.6 is 15.9 Å². The van der Waals surface area contributed by atoms with Crippen LogP contribution in [0.1, 0.15) is 11.1 Å². The number of benzene rings is 2. The van der Waals surface area contributed by atoms with Gasteiger partial charge in [-0.1, -0.05) is 46.3 Å². The number of hydrazone groups is 1. The minimum Gasteiger partial charge on any atom is -0.504 e. The minimum atomic E-state index is -5.00. The Kier molecular flexibility index (Phi) is 6.26. The lowest BCUT2D eigenvalue weighted by Gasteiger charge is -2.12. The summed E-state index contributed by atoms with van der Waals surface area (Å²) in [5, 5.41) is 23.0. The van der Waals surface area contributed by atoms with E-state index in [0.29, 0.717) is 5.56 Å². The first kappa shape index (κ1) is 21.8. The molecule has 2 aromatic carbocycles. The highest BCUT2D eigenvalue weighted by Crippen LogP contribution is 2.36. The van der Waals surface area contributed by atoms with E-state index in [1.807, 2.05) is 0 Å². The molecular weight excluding hydrogens is 483 g/mol. The molecule has 0 radical (unpaired) electrons. The first-order valence-electron chi connectivity index (χ1n) is 8.35. The normalized spacial score (nSPS) is 11.3. The summed E-state index contributed by atoms with van der Waals surface area (Å²) in [5.74, 6) is -1.74. The number of rotatable bonds is 5. The molecule has 0 fully saturated rings. The molecule has 3 N–H and O–H groups in total. The fraction of sp³-hybridized carbons (Fsp3) is 0.0526. The molecule has 158 valence electrons. The van der Waals surface area contributed by atoms with Gasteiger partial charge in [0.15, 0.2) is 11.5 Å². The van der Waals surface area contributed by atoms with Crippen molar-refractivity contribution in [3.63, 3.8) is 0 Å². The first-order chi connectivity index (χ1) is 14.7. The van der Waals surface area contributed by atoms with Crippen molar-refractivity contribution in [1.82, 2.24) is 9.97 Å². The number of alkyl halides is 3. The second-order valence-electron chi connectivity index (χ2n) is 5.88. The van der Waals surface area contributed by atoms with Crippen molar-refractivity contribution in [2.24, 2.45) is 5.10 Å². The highest BCUT2D eigenvalue weighted by atomic mass is 79.9. The van der Waals surface area contributed by atoms with Crippen LogP contribution in [0.4, 0.5) is 19.1 Å². The Morgan fingerprint density at radius 1 is 1.29 bits per heavy atom. The quantitative estimate of drug-likeness (QED) is 0.362. The lowest BCUT2D eigenvalue weighted by atomic mass is 10.1. The molecule has 0 saturated heterocycles. The molecule has 0 atom stereocenters. The molecule has 0 bridgehead atoms. The smallest absolute Gasteiger partial charge is 0.504 e. The Labute approximate surface area is 180 Å². The van der Waals surface area contributed by atoms with Gasteiger partial charge in [0.1, 0.15) is 11.6 Å². The number of aromatic hydroxyl groups is 1. The number of halogens is 4. The molecule has 8 nitrogen and oxygen atoms in total. The van der Waals surface area contributed by atoms with E-state index in [-0.39, 0.29) is 27.2 Å². The average molecular weight is 494 g/mol. The number of nitrogens with one attached hydrogen (secondary N) is 2. The van der Waals surface area contributed by atoms with Crippen molar-refractivity contribution < 1.29 is 23.0 Å². The van der Waals surface area contributed by atoms with Gasteiger partial charge in [0.2, 0.25) is 5.95 Å². The maximum absolute atomic E-state index is 12.5. The van der Waals surface area contributed by atoms with Crippen LogP contribution in [0, 0.1) is 11.3 Å². The van der Waals surface area contributed by atoms with Crippen molar-refractivity contribution >= 4 is 28.1 Å². The summed E-state index contributed by atoms with van der Waals surface area (Å²) in [7, 11) is 0. The number of H-pyrrole nitrogens is 1. The van der Waals surface area contributed by atoms with Gasteiger partial charge in [-0.15, -0.1) is 13.2 Å². The molecule has 1 aromatic heterocycles. The van der Waals surface area contributed by atoms with Crippen LogP contribution in [0.25, 0.3) is 11.3 Å². The topological polar surface area (TPSA) is 123 Å². The molecule has 3 rings (SSSR count). The molecule has 1 heterocycles. The molecular formula is C19H11BrF3N5O3. The second-order valence-corrected chi connectivity index (χ2v) is 6.79. The molecule has 0 aliphatic carbocycles. The Hall–Kier alpha value is -3.85. The van der Waals surface area contributed by atoms with E-state index in [1.165, 1.54) is 6.07 Å². The number of hydrogen-bond acceptors (Lipinski definition) is 7. The second kappa shape index (κ2) is 8.88. The van der Waals surface area contributed by atoms with Crippen LogP contribution in [-0.4, -0.2) is 27.7 Å². The zero-order valence-corrected chi connectivity index (χ0v) is 16.8. The predicted octanol–water partition coefficient (Wildman–Crippen LogP) is 4.12. The van der Waals surface area contributed by atoms with Gasteiger partial charge in [-0.3, -0.25) is 9.78 Å². The number of phenols is 1. The lowest BCUT2D eigenvalue weighted by molar-refractivity contribution is -0.275. The van der Waals surface area contributed by atoms with Gasteiger partial charge < -0.3 is 9.84 Å². The van der Waals surface area contributed by atoms with E-state index in [2.05, 4.69) is 41.2 Å². The standard InChI is InChI=1S/C19H11BrF3N5O3/c20-12-6-11(16(29)14(7-12)31-19(21,22)23)9-25-28-18-26-15(10-4-2-1-3-5-10)13(8-24)17(30)27-18/h1-7,9,29H,(H2,26,27,28,30). The molecule has 0 aliphatic rings. The van der Waals surface area contributed by atoms with Crippen molar-refractivity contribution in [1.29, 1.82) is 5.26 Å². The number of ether oxygens (including phenoxy) is 1. The third-order valence-electron chi connectivity index (χ3n) is 3.75. The van der Waals surface area contributed by atoms with Gasteiger partial charge in [-0.2, -0.15) is 10.4 Å². The minimum absolute atomic E-state index is 0.111. The zero-order valence-electron chi connectivity index (χ0n) is 15.2. The average Bonchev–Trinajstić information content (AvgIpc) is 2.70. The fourth-order valence-corrected chi connectivity index (χ4v) is 2.95. The summed E-state index contributed by atoms with van der Waals surface area (Å²) in [6.45, 7) is 0. The number of phenolic OH excluding ortho intramolecular Hbond substituents is 1. The summed E-state index contributed by atoms with van der Waals surface area (Å²) in [4.78, 5) is 18.7. The number of aromatic amines is 1. The zero-order chi connectivity index (χ0) is 22.6. The van der Waals surface area contributed by atoms with Crippen molar-refractivity contribution in [2.75, 3.05) is 5.43 Å². The van der Waals surface area contributed by atoms with Crippen molar-refractivity contribution in [3.05, 3.63) is 68.4 Å². The lowest BCUT2D eigenvalue weighted by Crippen LogP contribution is -2.17. The molecule has 31 heavy (non-hydrogen) atoms. The third-order valence-corrected chi connectivity index (χ3v) is 4.21. The van der Waals surface area contributed by atoms with Gasteiger partial charge in [0.25, 0.3) is 5.56 Å². The SMILES string of the molecule is N#Cc1c(-c2ccccc2)nc(NN=Cc2cc(Br)cc(OC(F)(F)F)c2O)[nH]c1=O. The largest absolute Gasteiger partial charge is 0.573 e. The number of aromatic nitrogens is 2. The van der Waals surface area contributed by atoms with Crippen molar-refractivity contribution in [2.45, 2.75) is 6.36 Å². The Bertz CT molecular complexity index is 1240. The van der Waals surface area contributed by atoms with Gasteiger partial charge >= 0.3 is 6.36 Å². The highest BCUT2D eigenvalue weighted by Gasteiger charge is 2.32. The van der Waals surface area contributed by atoms with E-state index in [9.17, 15) is 28.3 Å².